The summed E-state index contributed by atoms with van der Waals surface area (Å²) in [7, 11) is -2.01. The van der Waals surface area contributed by atoms with Crippen molar-refractivity contribution in [3.63, 3.8) is 0 Å². The Balaban J connectivity index is 0.000000347. The summed E-state index contributed by atoms with van der Waals surface area (Å²) in [6.45, 7) is 3.43. The van der Waals surface area contributed by atoms with E-state index in [1.54, 1.807) is 0 Å². The molecule has 4 atom stereocenters. The largest absolute Gasteiger partial charge is 0.388 e. The third-order valence-electron chi connectivity index (χ3n) is 2.62. The minimum atomic E-state index is -3.32. The van der Waals surface area contributed by atoms with Gasteiger partial charge in [-0.2, -0.15) is 8.42 Å². The molecule has 0 aliphatic carbocycles. The van der Waals surface area contributed by atoms with E-state index < -0.39 is 31.4 Å². The van der Waals surface area contributed by atoms with E-state index in [0.717, 1.165) is 12.5 Å². The lowest BCUT2D eigenvalue weighted by atomic mass is 10.1. The lowest BCUT2D eigenvalue weighted by Gasteiger charge is -2.11. The maximum atomic E-state index is 10.7. The van der Waals surface area contributed by atoms with Crippen molar-refractivity contribution in [1.29, 1.82) is 0 Å². The van der Waals surface area contributed by atoms with E-state index in [0.29, 0.717) is 13.2 Å². The first kappa shape index (κ1) is 23.0. The Morgan fingerprint density at radius 2 is 1.35 bits per heavy atom. The van der Waals surface area contributed by atoms with Crippen LogP contribution in [0.4, 0.5) is 0 Å². The zero-order valence-corrected chi connectivity index (χ0v) is 15.5. The fraction of sp³-hybridized carbons (Fsp3) is 1.00. The van der Waals surface area contributed by atoms with E-state index in [1.807, 2.05) is 6.92 Å². The Hall–Kier alpha value is -0.0100. The molecule has 0 aromatic heterocycles. The summed E-state index contributed by atoms with van der Waals surface area (Å²) in [5, 5.41) is 17.2. The summed E-state index contributed by atoms with van der Waals surface area (Å²) in [6.07, 6.45) is 0.386. The van der Waals surface area contributed by atoms with Crippen LogP contribution in [0.3, 0.4) is 0 Å². The highest BCUT2D eigenvalue weighted by atomic mass is 35.7. The van der Waals surface area contributed by atoms with Crippen molar-refractivity contribution in [3.05, 3.63) is 0 Å². The quantitative estimate of drug-likeness (QED) is 0.439. The molecule has 2 fully saturated rings. The number of ether oxygens (including phenoxy) is 2. The maximum absolute atomic E-state index is 10.7. The van der Waals surface area contributed by atoms with E-state index >= 15 is 0 Å². The summed E-state index contributed by atoms with van der Waals surface area (Å²) < 4.78 is 54.6. The number of rotatable bonds is 2. The molecule has 2 aliphatic heterocycles. The van der Waals surface area contributed by atoms with Gasteiger partial charge in [0.2, 0.25) is 9.05 Å². The van der Waals surface area contributed by atoms with E-state index in [2.05, 4.69) is 15.4 Å². The lowest BCUT2D eigenvalue weighted by Crippen LogP contribution is -2.23. The molecular weight excluding hydrogens is 376 g/mol. The molecule has 140 valence electrons. The summed E-state index contributed by atoms with van der Waals surface area (Å²) >= 11 is 0. The number of aliphatic hydroxyl groups is 2. The fourth-order valence-electron chi connectivity index (χ4n) is 1.52. The van der Waals surface area contributed by atoms with Gasteiger partial charge in [0.05, 0.1) is 38.9 Å². The molecule has 12 heteroatoms. The SMILES string of the molecule is CC1COCC1OS(C)(=O)=O.CS(=O)(=O)Cl.OC1COCC1O. The van der Waals surface area contributed by atoms with Gasteiger partial charge in [0, 0.05) is 16.6 Å². The van der Waals surface area contributed by atoms with Crippen LogP contribution in [0.5, 0.6) is 0 Å². The molecule has 0 spiro atoms. The van der Waals surface area contributed by atoms with Gasteiger partial charge in [0.1, 0.15) is 18.3 Å². The van der Waals surface area contributed by atoms with Gasteiger partial charge < -0.3 is 19.7 Å². The third kappa shape index (κ3) is 14.1. The van der Waals surface area contributed by atoms with Crippen LogP contribution in [-0.2, 0) is 32.8 Å². The molecular formula is C11H23ClO9S2. The summed E-state index contributed by atoms with van der Waals surface area (Å²) in [5.74, 6) is 0.171. The third-order valence-corrected chi connectivity index (χ3v) is 3.21. The second-order valence-corrected chi connectivity index (χ2v) is 9.85. The molecule has 4 unspecified atom stereocenters. The molecule has 23 heavy (non-hydrogen) atoms. The van der Waals surface area contributed by atoms with Gasteiger partial charge in [-0.05, 0) is 0 Å². The second kappa shape index (κ2) is 10.1. The topological polar surface area (TPSA) is 136 Å². The highest BCUT2D eigenvalue weighted by Gasteiger charge is 2.28. The number of halogens is 1. The Bertz CT molecular complexity index is 518. The van der Waals surface area contributed by atoms with Gasteiger partial charge in [-0.15, -0.1) is 0 Å². The van der Waals surface area contributed by atoms with Gasteiger partial charge in [0.25, 0.3) is 10.1 Å². The van der Waals surface area contributed by atoms with Gasteiger partial charge in [0.15, 0.2) is 0 Å². The van der Waals surface area contributed by atoms with Crippen molar-refractivity contribution in [3.8, 4) is 0 Å². The van der Waals surface area contributed by atoms with Crippen LogP contribution < -0.4 is 0 Å². The normalized spacial score (nSPS) is 30.9. The molecule has 0 aromatic rings. The molecule has 2 aliphatic rings. The minimum Gasteiger partial charge on any atom is -0.388 e. The van der Waals surface area contributed by atoms with Crippen LogP contribution in [-0.4, -0.2) is 84.3 Å². The van der Waals surface area contributed by atoms with Crippen molar-refractivity contribution in [1.82, 2.24) is 0 Å². The summed E-state index contributed by atoms with van der Waals surface area (Å²) in [5.41, 5.74) is 0. The van der Waals surface area contributed by atoms with E-state index in [9.17, 15) is 16.8 Å². The summed E-state index contributed by atoms with van der Waals surface area (Å²) in [6, 6.07) is 0. The van der Waals surface area contributed by atoms with Crippen molar-refractivity contribution >= 4 is 29.9 Å². The van der Waals surface area contributed by atoms with Crippen molar-refractivity contribution in [2.45, 2.75) is 25.2 Å². The van der Waals surface area contributed by atoms with E-state index in [1.165, 1.54) is 0 Å². The predicted octanol–water partition coefficient (Wildman–Crippen LogP) is -1.08. The molecule has 2 saturated heterocycles. The lowest BCUT2D eigenvalue weighted by molar-refractivity contribution is 0.0572. The molecule has 0 saturated carbocycles. The first-order valence-electron chi connectivity index (χ1n) is 6.59. The van der Waals surface area contributed by atoms with Crippen LogP contribution in [0.2, 0.25) is 0 Å². The smallest absolute Gasteiger partial charge is 0.264 e. The van der Waals surface area contributed by atoms with Crippen molar-refractivity contribution in [2.24, 2.45) is 5.92 Å². The second-order valence-electron chi connectivity index (χ2n) is 5.21. The first-order chi connectivity index (χ1) is 10.3. The maximum Gasteiger partial charge on any atom is 0.264 e. The molecule has 0 radical (unpaired) electrons. The Morgan fingerprint density at radius 1 is 0.957 bits per heavy atom. The highest BCUT2D eigenvalue weighted by molar-refractivity contribution is 8.13. The number of aliphatic hydroxyl groups excluding tert-OH is 2. The van der Waals surface area contributed by atoms with E-state index in [-0.39, 0.29) is 25.2 Å². The number of hydrogen-bond acceptors (Lipinski definition) is 9. The Labute approximate surface area is 141 Å². The van der Waals surface area contributed by atoms with Crippen LogP contribution in [0.25, 0.3) is 0 Å². The molecule has 0 amide bonds. The van der Waals surface area contributed by atoms with Gasteiger partial charge in [-0.3, -0.25) is 4.18 Å². The van der Waals surface area contributed by atoms with Crippen LogP contribution in [0.1, 0.15) is 6.92 Å². The molecule has 0 bridgehead atoms. The Morgan fingerprint density at radius 3 is 1.57 bits per heavy atom. The fourth-order valence-corrected chi connectivity index (χ4v) is 2.21. The van der Waals surface area contributed by atoms with Gasteiger partial charge >= 0.3 is 0 Å². The molecule has 0 aromatic carbocycles. The average molecular weight is 399 g/mol. The molecule has 2 heterocycles. The van der Waals surface area contributed by atoms with Gasteiger partial charge in [-0.25, -0.2) is 8.42 Å². The van der Waals surface area contributed by atoms with Crippen molar-refractivity contribution < 1.29 is 40.7 Å². The Kier molecular flexibility index (Phi) is 10.1. The zero-order valence-electron chi connectivity index (χ0n) is 13.1. The zero-order chi connectivity index (χ0) is 18.3. The van der Waals surface area contributed by atoms with Crippen LogP contribution in [0.15, 0.2) is 0 Å². The molecule has 2 rings (SSSR count). The standard InChI is InChI=1S/C6H12O4S.C4H8O3.CH3ClO2S/c1-5-3-9-4-6(5)10-11(2,7)8;5-3-1-7-2-4(3)6;1-5(2,3)4/h5-6H,3-4H2,1-2H3;3-6H,1-2H2;1H3. The average Bonchev–Trinajstić information content (AvgIpc) is 2.87. The van der Waals surface area contributed by atoms with Crippen LogP contribution >= 0.6 is 10.7 Å². The highest BCUT2D eigenvalue weighted by Crippen LogP contribution is 2.17. The van der Waals surface area contributed by atoms with Crippen molar-refractivity contribution in [2.75, 3.05) is 38.9 Å². The molecule has 9 nitrogen and oxygen atoms in total. The monoisotopic (exact) mass is 398 g/mol. The first-order valence-corrected chi connectivity index (χ1v) is 11.1. The van der Waals surface area contributed by atoms with E-state index in [4.69, 9.17) is 19.1 Å². The summed E-state index contributed by atoms with van der Waals surface area (Å²) in [4.78, 5) is 0. The van der Waals surface area contributed by atoms with Crippen LogP contribution in [0, 0.1) is 5.92 Å². The van der Waals surface area contributed by atoms with Gasteiger partial charge in [-0.1, -0.05) is 6.92 Å². The molecule has 2 N–H and O–H groups in total. The predicted molar refractivity (Wildman–Crippen MR) is 83.2 cm³/mol. The minimum absolute atomic E-state index is 0.171. The number of hydrogen-bond donors (Lipinski definition) is 2.